The van der Waals surface area contributed by atoms with Crippen LogP contribution in [0.4, 0.5) is 5.13 Å². The van der Waals surface area contributed by atoms with Gasteiger partial charge in [0.2, 0.25) is 5.91 Å². The average Bonchev–Trinajstić information content (AvgIpc) is 3.00. The van der Waals surface area contributed by atoms with Crippen molar-refractivity contribution in [3.8, 4) is 0 Å². The molecule has 0 aromatic carbocycles. The number of anilines is 1. The highest BCUT2D eigenvalue weighted by Gasteiger charge is 2.48. The molecule has 4 N–H and O–H groups in total. The van der Waals surface area contributed by atoms with E-state index >= 15 is 0 Å². The Morgan fingerprint density at radius 1 is 1.58 bits per heavy atom. The molecule has 2 aliphatic heterocycles. The van der Waals surface area contributed by atoms with E-state index < -0.39 is 22.6 Å². The Hall–Kier alpha value is -2.31. The lowest BCUT2D eigenvalue weighted by atomic mass is 10.1. The number of hydrogen-bond donors (Lipinski definition) is 3. The maximum Gasteiger partial charge on any atom is 0.353 e. The van der Waals surface area contributed by atoms with Crippen LogP contribution in [0.5, 0.6) is 0 Å². The van der Waals surface area contributed by atoms with E-state index in [1.165, 1.54) is 12.5 Å². The predicted molar refractivity (Wildman–Crippen MR) is 95.4 cm³/mol. The van der Waals surface area contributed by atoms with Crippen LogP contribution in [-0.2, 0) is 19.2 Å². The van der Waals surface area contributed by atoms with Crippen molar-refractivity contribution >= 4 is 63.3 Å². The van der Waals surface area contributed by atoms with Crippen molar-refractivity contribution < 1.29 is 24.3 Å². The fraction of sp³-hybridized carbons (Fsp3) is 0.308. The highest BCUT2D eigenvalue weighted by molar-refractivity contribution is 8.00. The average molecular weight is 418 g/mol. The fourth-order valence-electron chi connectivity index (χ4n) is 2.40. The number of rotatable bonds is 5. The van der Waals surface area contributed by atoms with Crippen molar-refractivity contribution in [1.82, 2.24) is 15.2 Å². The number of carboxylic acid groups (broad SMARTS) is 1. The molecule has 2 aliphatic rings. The first kappa shape index (κ1) is 18.5. The summed E-state index contributed by atoms with van der Waals surface area (Å²) in [5, 5.41) is 16.0. The number of nitrogen functional groups attached to an aromatic ring is 1. The first-order valence-corrected chi connectivity index (χ1v) is 9.27. The van der Waals surface area contributed by atoms with Crippen LogP contribution >= 0.6 is 34.7 Å². The number of nitrogens with two attached hydrogens (primary N) is 1. The molecule has 0 bridgehead atoms. The van der Waals surface area contributed by atoms with Crippen LogP contribution in [0, 0.1) is 0 Å². The second kappa shape index (κ2) is 7.13. The third-order valence-electron chi connectivity index (χ3n) is 3.52. The number of amides is 2. The van der Waals surface area contributed by atoms with Gasteiger partial charge in [-0.1, -0.05) is 16.8 Å². The zero-order valence-electron chi connectivity index (χ0n) is 13.1. The summed E-state index contributed by atoms with van der Waals surface area (Å²) in [6, 6.07) is 0. The minimum absolute atomic E-state index is 0.130. The van der Waals surface area contributed by atoms with Gasteiger partial charge in [-0.2, -0.15) is 0 Å². The van der Waals surface area contributed by atoms with Crippen molar-refractivity contribution in [1.29, 1.82) is 0 Å². The number of fused-ring (bicyclic) bond motifs is 1. The molecule has 13 heteroatoms. The molecule has 0 saturated carbocycles. The number of aliphatic carboxylic acids is 1. The summed E-state index contributed by atoms with van der Waals surface area (Å²) in [7, 11) is 1.27. The van der Waals surface area contributed by atoms with Crippen LogP contribution in [0.15, 0.2) is 21.3 Å². The molecule has 3 rings (SSSR count). The summed E-state index contributed by atoms with van der Waals surface area (Å²) in [5.74, 6) is -2.34. The summed E-state index contributed by atoms with van der Waals surface area (Å²) >= 11 is 8.43. The standard InChI is InChI=1S/C13H12ClN5O5S2/c1-24-18-8(4-3-25-13(15)16-4)10(21)17-11-7(14)9(12(22)23)19-5(20)2-6(19)26-11/h3,6,11H,2H2,1H3,(H2,15,16)(H,17,21)(H,22,23)/t6-,11?/m1/s1. The molecular weight excluding hydrogens is 406 g/mol. The zero-order valence-corrected chi connectivity index (χ0v) is 15.5. The van der Waals surface area contributed by atoms with Gasteiger partial charge in [0.1, 0.15) is 23.9 Å². The largest absolute Gasteiger partial charge is 0.477 e. The van der Waals surface area contributed by atoms with Gasteiger partial charge in [-0.15, -0.1) is 23.1 Å². The highest BCUT2D eigenvalue weighted by Crippen LogP contribution is 2.44. The molecule has 1 aromatic heterocycles. The van der Waals surface area contributed by atoms with E-state index in [1.807, 2.05) is 0 Å². The number of thioether (sulfide) groups is 1. The summed E-state index contributed by atoms with van der Waals surface area (Å²) in [6.45, 7) is 0. The number of halogens is 1. The van der Waals surface area contributed by atoms with Gasteiger partial charge >= 0.3 is 5.97 Å². The van der Waals surface area contributed by atoms with Crippen LogP contribution in [-0.4, -0.2) is 56.3 Å². The molecule has 0 spiro atoms. The summed E-state index contributed by atoms with van der Waals surface area (Å²) in [4.78, 5) is 45.5. The molecule has 138 valence electrons. The molecular formula is C13H12ClN5O5S2. The van der Waals surface area contributed by atoms with Gasteiger partial charge in [-0.25, -0.2) is 9.78 Å². The number of aromatic nitrogens is 1. The normalized spacial score (nSPS) is 22.6. The first-order valence-electron chi connectivity index (χ1n) is 7.07. The molecule has 2 atom stereocenters. The number of carboxylic acids is 1. The molecule has 26 heavy (non-hydrogen) atoms. The first-order chi connectivity index (χ1) is 12.3. The Morgan fingerprint density at radius 2 is 2.31 bits per heavy atom. The Bertz CT molecular complexity index is 854. The van der Waals surface area contributed by atoms with E-state index in [9.17, 15) is 19.5 Å². The van der Waals surface area contributed by atoms with E-state index in [1.54, 1.807) is 0 Å². The molecule has 1 fully saturated rings. The van der Waals surface area contributed by atoms with E-state index in [-0.39, 0.29) is 39.6 Å². The van der Waals surface area contributed by atoms with Crippen LogP contribution in [0.2, 0.25) is 0 Å². The molecule has 1 saturated heterocycles. The molecule has 0 aliphatic carbocycles. The Balaban J connectivity index is 1.86. The number of carbonyl (C=O) groups excluding carboxylic acids is 2. The van der Waals surface area contributed by atoms with E-state index in [2.05, 4.69) is 20.3 Å². The van der Waals surface area contributed by atoms with Gasteiger partial charge in [-0.05, 0) is 0 Å². The number of nitrogens with one attached hydrogen (secondary N) is 1. The maximum absolute atomic E-state index is 12.6. The molecule has 2 amide bonds. The van der Waals surface area contributed by atoms with E-state index in [0.29, 0.717) is 0 Å². The van der Waals surface area contributed by atoms with Crippen LogP contribution in [0.25, 0.3) is 0 Å². The third kappa shape index (κ3) is 3.22. The molecule has 0 radical (unpaired) electrons. The van der Waals surface area contributed by atoms with Gasteiger partial charge in [0.25, 0.3) is 5.91 Å². The Morgan fingerprint density at radius 3 is 2.85 bits per heavy atom. The molecule has 1 aromatic rings. The monoisotopic (exact) mass is 417 g/mol. The predicted octanol–water partition coefficient (Wildman–Crippen LogP) is 0.358. The van der Waals surface area contributed by atoms with Crippen molar-refractivity contribution in [3.05, 3.63) is 21.8 Å². The van der Waals surface area contributed by atoms with Gasteiger partial charge < -0.3 is 21.0 Å². The topological polar surface area (TPSA) is 147 Å². The van der Waals surface area contributed by atoms with E-state index in [0.717, 1.165) is 28.0 Å². The van der Waals surface area contributed by atoms with Gasteiger partial charge in [0, 0.05) is 5.38 Å². The van der Waals surface area contributed by atoms with Crippen molar-refractivity contribution in [2.24, 2.45) is 5.16 Å². The number of β-lactam (4-membered cyclic amide) rings is 1. The number of hydrogen-bond acceptors (Lipinski definition) is 9. The van der Waals surface area contributed by atoms with Crippen LogP contribution in [0.3, 0.4) is 0 Å². The number of carbonyl (C=O) groups is 3. The zero-order chi connectivity index (χ0) is 19.0. The minimum atomic E-state index is -1.34. The summed E-state index contributed by atoms with van der Waals surface area (Å²) < 4.78 is 0. The maximum atomic E-state index is 12.6. The van der Waals surface area contributed by atoms with Crippen molar-refractivity contribution in [2.75, 3.05) is 12.8 Å². The number of nitrogens with zero attached hydrogens (tertiary/aromatic N) is 3. The lowest BCUT2D eigenvalue weighted by molar-refractivity contribution is -0.146. The Labute approximate surface area is 160 Å². The second-order valence-electron chi connectivity index (χ2n) is 5.11. The quantitative estimate of drug-likeness (QED) is 0.353. The van der Waals surface area contributed by atoms with Crippen LogP contribution in [0.1, 0.15) is 12.1 Å². The van der Waals surface area contributed by atoms with Gasteiger partial charge in [0.15, 0.2) is 10.8 Å². The van der Waals surface area contributed by atoms with Crippen molar-refractivity contribution in [3.63, 3.8) is 0 Å². The Kier molecular flexibility index (Phi) is 5.07. The lowest BCUT2D eigenvalue weighted by Crippen LogP contribution is -2.57. The van der Waals surface area contributed by atoms with Gasteiger partial charge in [0.05, 0.1) is 16.8 Å². The molecule has 1 unspecified atom stereocenters. The lowest BCUT2D eigenvalue weighted by Gasteiger charge is -2.45. The summed E-state index contributed by atoms with van der Waals surface area (Å²) in [6.07, 6.45) is 0.166. The second-order valence-corrected chi connectivity index (χ2v) is 7.69. The van der Waals surface area contributed by atoms with Crippen LogP contribution < -0.4 is 11.1 Å². The number of thiazole rings is 1. The molecule has 10 nitrogen and oxygen atoms in total. The SMILES string of the molecule is CON=C(C(=O)NC1S[C@@H]2CC(=O)N2C(C(=O)O)=C1Cl)c1csc(N)n1. The summed E-state index contributed by atoms with van der Waals surface area (Å²) in [5.41, 5.74) is 5.32. The minimum Gasteiger partial charge on any atom is -0.477 e. The smallest absolute Gasteiger partial charge is 0.353 e. The third-order valence-corrected chi connectivity index (χ3v) is 6.04. The number of oxime groups is 1. The highest BCUT2D eigenvalue weighted by atomic mass is 35.5. The van der Waals surface area contributed by atoms with E-state index in [4.69, 9.17) is 17.3 Å². The van der Waals surface area contributed by atoms with Crippen molar-refractivity contribution in [2.45, 2.75) is 17.2 Å². The fourth-order valence-corrected chi connectivity index (χ4v) is 4.64. The molecule has 3 heterocycles. The van der Waals surface area contributed by atoms with Gasteiger partial charge in [-0.3, -0.25) is 14.5 Å².